The Morgan fingerprint density at radius 1 is 1.20 bits per heavy atom. The van der Waals surface area contributed by atoms with Crippen molar-refractivity contribution in [3.8, 4) is 0 Å². The number of ether oxygens (including phenoxy) is 1. The van der Waals surface area contributed by atoms with Gasteiger partial charge in [-0.3, -0.25) is 0 Å². The first-order valence-corrected chi connectivity index (χ1v) is 8.36. The first-order valence-electron chi connectivity index (χ1n) is 8.36. The van der Waals surface area contributed by atoms with Gasteiger partial charge >= 0.3 is 6.09 Å². The van der Waals surface area contributed by atoms with Crippen molar-refractivity contribution in [2.45, 2.75) is 27.3 Å². The number of nitrogens with one attached hydrogen (secondary N) is 1. The van der Waals surface area contributed by atoms with E-state index in [-0.39, 0.29) is 30.1 Å². The maximum absolute atomic E-state index is 11.8. The van der Waals surface area contributed by atoms with Gasteiger partial charge in [-0.05, 0) is 20.8 Å². The Hall–Kier alpha value is -1.59. The molecule has 0 aliphatic carbocycles. The summed E-state index contributed by atoms with van der Waals surface area (Å²) >= 11 is 0. The molecule has 2 rings (SSSR count). The normalized spacial score (nSPS) is 15.0. The molecule has 1 aromatic heterocycles. The average molecular weight is 465 g/mol. The molecule has 0 bridgehead atoms. The Morgan fingerprint density at radius 3 is 2.36 bits per heavy atom. The van der Waals surface area contributed by atoms with Crippen molar-refractivity contribution in [2.75, 3.05) is 39.3 Å². The van der Waals surface area contributed by atoms with Crippen LogP contribution in [0.25, 0.3) is 0 Å². The molecule has 1 aliphatic rings. The fourth-order valence-electron chi connectivity index (χ4n) is 2.48. The number of hydrogen-bond donors (Lipinski definition) is 1. The molecule has 1 fully saturated rings. The van der Waals surface area contributed by atoms with Crippen LogP contribution in [0, 0.1) is 6.92 Å². The van der Waals surface area contributed by atoms with E-state index in [1.165, 1.54) is 0 Å². The standard InChI is InChI=1S/C15H27N7O2.HI/c1-5-16-14(17-11-13-19-18-12(3)20(13)4)21-7-9-22(10-8-21)15(23)24-6-2;/h5-11H2,1-4H3,(H,16,17);1H. The van der Waals surface area contributed by atoms with Crippen molar-refractivity contribution in [3.63, 3.8) is 0 Å². The minimum Gasteiger partial charge on any atom is -0.450 e. The quantitative estimate of drug-likeness (QED) is 0.406. The molecule has 1 aliphatic heterocycles. The molecule has 2 heterocycles. The van der Waals surface area contributed by atoms with Crippen LogP contribution in [-0.4, -0.2) is 75.9 Å². The highest BCUT2D eigenvalue weighted by Crippen LogP contribution is 2.06. The Balaban J connectivity index is 0.00000312. The lowest BCUT2D eigenvalue weighted by Crippen LogP contribution is -2.53. The number of aromatic nitrogens is 3. The van der Waals surface area contributed by atoms with Gasteiger partial charge in [0.1, 0.15) is 12.4 Å². The summed E-state index contributed by atoms with van der Waals surface area (Å²) in [6.45, 7) is 10.1. The molecule has 1 aromatic rings. The first kappa shape index (κ1) is 21.5. The summed E-state index contributed by atoms with van der Waals surface area (Å²) in [5, 5.41) is 11.5. The molecular formula is C15H28IN7O2. The predicted octanol–water partition coefficient (Wildman–Crippen LogP) is 0.981. The fourth-order valence-corrected chi connectivity index (χ4v) is 2.48. The summed E-state index contributed by atoms with van der Waals surface area (Å²) in [6, 6.07) is 0. The molecule has 10 heteroatoms. The van der Waals surface area contributed by atoms with Gasteiger partial charge < -0.3 is 24.4 Å². The molecule has 0 radical (unpaired) electrons. The van der Waals surface area contributed by atoms with Crippen LogP contribution in [0.5, 0.6) is 0 Å². The number of carbonyl (C=O) groups excluding carboxylic acids is 1. The largest absolute Gasteiger partial charge is 0.450 e. The average Bonchev–Trinajstić information content (AvgIpc) is 2.91. The second-order valence-corrected chi connectivity index (χ2v) is 5.57. The van der Waals surface area contributed by atoms with Crippen LogP contribution in [0.4, 0.5) is 4.79 Å². The van der Waals surface area contributed by atoms with E-state index >= 15 is 0 Å². The van der Waals surface area contributed by atoms with E-state index in [2.05, 4.69) is 25.4 Å². The summed E-state index contributed by atoms with van der Waals surface area (Å²) in [4.78, 5) is 20.3. The molecule has 0 unspecified atom stereocenters. The van der Waals surface area contributed by atoms with E-state index < -0.39 is 0 Å². The highest BCUT2D eigenvalue weighted by atomic mass is 127. The minimum atomic E-state index is -0.242. The molecule has 1 saturated heterocycles. The number of aliphatic imine (C=N–C) groups is 1. The Labute approximate surface area is 165 Å². The zero-order valence-electron chi connectivity index (χ0n) is 15.4. The molecule has 0 atom stereocenters. The second-order valence-electron chi connectivity index (χ2n) is 5.57. The molecule has 25 heavy (non-hydrogen) atoms. The first-order chi connectivity index (χ1) is 11.6. The Kier molecular flexibility index (Phi) is 8.93. The van der Waals surface area contributed by atoms with E-state index in [9.17, 15) is 4.79 Å². The third-order valence-corrected chi connectivity index (χ3v) is 3.99. The van der Waals surface area contributed by atoms with Crippen LogP contribution in [0.1, 0.15) is 25.5 Å². The molecule has 1 amide bonds. The van der Waals surface area contributed by atoms with Crippen LogP contribution >= 0.6 is 24.0 Å². The molecule has 0 spiro atoms. The van der Waals surface area contributed by atoms with Gasteiger partial charge in [0, 0.05) is 39.8 Å². The molecule has 0 saturated carbocycles. The smallest absolute Gasteiger partial charge is 0.409 e. The zero-order valence-corrected chi connectivity index (χ0v) is 17.7. The third kappa shape index (κ3) is 5.72. The Bertz CT molecular complexity index is 582. The number of aryl methyl sites for hydroxylation is 1. The maximum Gasteiger partial charge on any atom is 0.409 e. The predicted molar refractivity (Wildman–Crippen MR) is 106 cm³/mol. The van der Waals surface area contributed by atoms with E-state index in [0.29, 0.717) is 26.2 Å². The van der Waals surface area contributed by atoms with Crippen molar-refractivity contribution in [1.82, 2.24) is 29.9 Å². The number of carbonyl (C=O) groups is 1. The van der Waals surface area contributed by atoms with E-state index in [1.54, 1.807) is 4.90 Å². The highest BCUT2D eigenvalue weighted by molar-refractivity contribution is 14.0. The van der Waals surface area contributed by atoms with Gasteiger partial charge in [0.15, 0.2) is 11.8 Å². The summed E-state index contributed by atoms with van der Waals surface area (Å²) in [6.07, 6.45) is -0.242. The molecule has 0 aromatic carbocycles. The molecule has 142 valence electrons. The lowest BCUT2D eigenvalue weighted by atomic mass is 10.3. The number of hydrogen-bond acceptors (Lipinski definition) is 5. The van der Waals surface area contributed by atoms with Crippen LogP contribution in [0.3, 0.4) is 0 Å². The molecular weight excluding hydrogens is 437 g/mol. The van der Waals surface area contributed by atoms with Crippen LogP contribution in [0.15, 0.2) is 4.99 Å². The summed E-state index contributed by atoms with van der Waals surface area (Å²) in [7, 11) is 1.94. The van der Waals surface area contributed by atoms with Gasteiger partial charge in [0.2, 0.25) is 0 Å². The molecule has 1 N–H and O–H groups in total. The number of guanidine groups is 1. The van der Waals surface area contributed by atoms with Crippen LogP contribution in [-0.2, 0) is 18.3 Å². The summed E-state index contributed by atoms with van der Waals surface area (Å²) in [5.74, 6) is 2.53. The van der Waals surface area contributed by atoms with Crippen molar-refractivity contribution in [2.24, 2.45) is 12.0 Å². The van der Waals surface area contributed by atoms with Gasteiger partial charge in [0.05, 0.1) is 6.61 Å². The lowest BCUT2D eigenvalue weighted by molar-refractivity contribution is 0.0914. The minimum absolute atomic E-state index is 0. The van der Waals surface area contributed by atoms with Gasteiger partial charge in [0.25, 0.3) is 0 Å². The monoisotopic (exact) mass is 465 g/mol. The SMILES string of the molecule is CCNC(=NCc1nnc(C)n1C)N1CCN(C(=O)OCC)CC1.I. The second kappa shape index (κ2) is 10.4. The maximum atomic E-state index is 11.8. The van der Waals surface area contributed by atoms with Crippen molar-refractivity contribution >= 4 is 36.0 Å². The number of rotatable bonds is 4. The topological polar surface area (TPSA) is 87.9 Å². The van der Waals surface area contributed by atoms with Crippen molar-refractivity contribution in [3.05, 3.63) is 11.6 Å². The van der Waals surface area contributed by atoms with Gasteiger partial charge in [-0.1, -0.05) is 0 Å². The number of piperazine rings is 1. The third-order valence-electron chi connectivity index (χ3n) is 3.99. The zero-order chi connectivity index (χ0) is 17.5. The van der Waals surface area contributed by atoms with Gasteiger partial charge in [-0.2, -0.15) is 0 Å². The Morgan fingerprint density at radius 2 is 1.84 bits per heavy atom. The van der Waals surface area contributed by atoms with E-state index in [1.807, 2.05) is 32.4 Å². The van der Waals surface area contributed by atoms with E-state index in [4.69, 9.17) is 4.74 Å². The van der Waals surface area contributed by atoms with Gasteiger partial charge in [-0.15, -0.1) is 34.2 Å². The highest BCUT2D eigenvalue weighted by Gasteiger charge is 2.23. The van der Waals surface area contributed by atoms with Crippen LogP contribution in [0.2, 0.25) is 0 Å². The van der Waals surface area contributed by atoms with Gasteiger partial charge in [-0.25, -0.2) is 9.79 Å². The number of nitrogens with zero attached hydrogens (tertiary/aromatic N) is 6. The fraction of sp³-hybridized carbons (Fsp3) is 0.733. The number of amides is 1. The number of halogens is 1. The lowest BCUT2D eigenvalue weighted by Gasteiger charge is -2.35. The molecule has 9 nitrogen and oxygen atoms in total. The van der Waals surface area contributed by atoms with Crippen molar-refractivity contribution in [1.29, 1.82) is 0 Å². The summed E-state index contributed by atoms with van der Waals surface area (Å²) in [5.41, 5.74) is 0. The van der Waals surface area contributed by atoms with Crippen LogP contribution < -0.4 is 5.32 Å². The summed E-state index contributed by atoms with van der Waals surface area (Å²) < 4.78 is 6.99. The van der Waals surface area contributed by atoms with Crippen molar-refractivity contribution < 1.29 is 9.53 Å². The van der Waals surface area contributed by atoms with E-state index in [0.717, 1.165) is 37.2 Å².